The fraction of sp³-hybridized carbons (Fsp3) is 0.273. The molecule has 2 aromatic carbocycles. The molecule has 1 N–H and O–H groups in total. The molecule has 0 bridgehead atoms. The predicted octanol–water partition coefficient (Wildman–Crippen LogP) is 3.45. The molecular formula is C22H21N3O2. The van der Waals surface area contributed by atoms with E-state index in [0.717, 1.165) is 34.1 Å². The first-order valence-electron chi connectivity index (χ1n) is 9.38. The first-order chi connectivity index (χ1) is 13.1. The zero-order chi connectivity index (χ0) is 18.6. The first kappa shape index (κ1) is 16.1. The van der Waals surface area contributed by atoms with E-state index < -0.39 is 5.54 Å². The van der Waals surface area contributed by atoms with Gasteiger partial charge >= 0.3 is 6.03 Å². The van der Waals surface area contributed by atoms with Crippen molar-refractivity contribution in [2.45, 2.75) is 25.3 Å². The summed E-state index contributed by atoms with van der Waals surface area (Å²) in [5, 5.41) is 1.15. The normalized spacial score (nSPS) is 21.7. The van der Waals surface area contributed by atoms with Crippen molar-refractivity contribution in [3.05, 3.63) is 71.4 Å². The van der Waals surface area contributed by atoms with Crippen molar-refractivity contribution in [2.75, 3.05) is 13.1 Å². The standard InChI is InChI=1S/C22H21N3O2/c1-22-19-17(16-9-5-6-10-18(16)23-19)12-14-25(22)21(27)24(20(22)26)13-11-15-7-3-2-4-8-15/h2-10,23H,11-14H2,1H3/t22-/m0/s1. The Kier molecular flexibility index (Phi) is 3.41. The lowest BCUT2D eigenvalue weighted by atomic mass is 9.87. The smallest absolute Gasteiger partial charge is 0.328 e. The second-order valence-corrected chi connectivity index (χ2v) is 7.47. The van der Waals surface area contributed by atoms with Crippen LogP contribution < -0.4 is 0 Å². The van der Waals surface area contributed by atoms with Crippen LogP contribution in [0.5, 0.6) is 0 Å². The van der Waals surface area contributed by atoms with Gasteiger partial charge in [-0.2, -0.15) is 0 Å². The van der Waals surface area contributed by atoms with Gasteiger partial charge in [0.2, 0.25) is 0 Å². The largest absolute Gasteiger partial charge is 0.356 e. The zero-order valence-corrected chi connectivity index (χ0v) is 15.2. The molecule has 1 atom stereocenters. The van der Waals surface area contributed by atoms with Crippen LogP contribution >= 0.6 is 0 Å². The lowest BCUT2D eigenvalue weighted by Gasteiger charge is -2.36. The van der Waals surface area contributed by atoms with Crippen molar-refractivity contribution >= 4 is 22.8 Å². The molecule has 0 saturated carbocycles. The molecular weight excluding hydrogens is 338 g/mol. The molecule has 3 aromatic rings. The van der Waals surface area contributed by atoms with Crippen LogP contribution in [-0.4, -0.2) is 39.8 Å². The lowest BCUT2D eigenvalue weighted by molar-refractivity contribution is -0.133. The number of hydrogen-bond donors (Lipinski definition) is 1. The van der Waals surface area contributed by atoms with E-state index >= 15 is 0 Å². The fourth-order valence-corrected chi connectivity index (χ4v) is 4.54. The molecule has 2 aliphatic heterocycles. The first-order valence-corrected chi connectivity index (χ1v) is 9.38. The van der Waals surface area contributed by atoms with Crippen LogP contribution in [0.15, 0.2) is 54.6 Å². The van der Waals surface area contributed by atoms with Gasteiger partial charge in [-0.1, -0.05) is 48.5 Å². The van der Waals surface area contributed by atoms with Gasteiger partial charge in [0.15, 0.2) is 5.54 Å². The number of imide groups is 1. The highest BCUT2D eigenvalue weighted by Gasteiger charge is 2.58. The van der Waals surface area contributed by atoms with Crippen LogP contribution in [0, 0.1) is 0 Å². The number of carbonyl (C=O) groups excluding carboxylic acids is 2. The number of aromatic amines is 1. The predicted molar refractivity (Wildman–Crippen MR) is 103 cm³/mol. The van der Waals surface area contributed by atoms with Crippen molar-refractivity contribution in [3.63, 3.8) is 0 Å². The number of fused-ring (bicyclic) bond motifs is 5. The number of hydrogen-bond acceptors (Lipinski definition) is 2. The number of nitrogens with zero attached hydrogens (tertiary/aromatic N) is 2. The van der Waals surface area contributed by atoms with Crippen LogP contribution in [0.4, 0.5) is 4.79 Å². The fourth-order valence-electron chi connectivity index (χ4n) is 4.54. The molecule has 0 aliphatic carbocycles. The van der Waals surface area contributed by atoms with Crippen molar-refractivity contribution < 1.29 is 9.59 Å². The molecule has 5 nitrogen and oxygen atoms in total. The van der Waals surface area contributed by atoms with Gasteiger partial charge in [0, 0.05) is 24.0 Å². The third kappa shape index (κ3) is 2.17. The number of urea groups is 1. The van der Waals surface area contributed by atoms with Gasteiger partial charge < -0.3 is 9.88 Å². The van der Waals surface area contributed by atoms with Crippen LogP contribution in [-0.2, 0) is 23.2 Å². The second-order valence-electron chi connectivity index (χ2n) is 7.47. The number of benzene rings is 2. The minimum absolute atomic E-state index is 0.129. The van der Waals surface area contributed by atoms with E-state index in [-0.39, 0.29) is 11.9 Å². The molecule has 0 radical (unpaired) electrons. The summed E-state index contributed by atoms with van der Waals surface area (Å²) < 4.78 is 0. The number of carbonyl (C=O) groups is 2. The zero-order valence-electron chi connectivity index (χ0n) is 15.2. The monoisotopic (exact) mass is 359 g/mol. The van der Waals surface area contributed by atoms with Crippen molar-refractivity contribution in [3.8, 4) is 0 Å². The number of aromatic nitrogens is 1. The number of H-pyrrole nitrogens is 1. The quantitative estimate of drug-likeness (QED) is 0.728. The summed E-state index contributed by atoms with van der Waals surface area (Å²) in [6, 6.07) is 17.9. The van der Waals surface area contributed by atoms with Gasteiger partial charge in [-0.25, -0.2) is 4.79 Å². The number of amides is 3. The topological polar surface area (TPSA) is 56.4 Å². The van der Waals surface area contributed by atoms with Gasteiger partial charge in [-0.3, -0.25) is 9.69 Å². The third-order valence-corrected chi connectivity index (χ3v) is 6.02. The average molecular weight is 359 g/mol. The molecule has 1 aromatic heterocycles. The molecule has 27 heavy (non-hydrogen) atoms. The summed E-state index contributed by atoms with van der Waals surface area (Å²) in [7, 11) is 0. The number of nitrogens with one attached hydrogen (secondary N) is 1. The molecule has 2 aliphatic rings. The molecule has 136 valence electrons. The summed E-state index contributed by atoms with van der Waals surface area (Å²) in [6.07, 6.45) is 1.43. The summed E-state index contributed by atoms with van der Waals surface area (Å²) in [4.78, 5) is 33.0. The molecule has 3 amide bonds. The van der Waals surface area contributed by atoms with Crippen LogP contribution in [0.2, 0.25) is 0 Å². The van der Waals surface area contributed by atoms with Gasteiger partial charge in [-0.05, 0) is 37.0 Å². The Bertz CT molecular complexity index is 1060. The minimum atomic E-state index is -0.944. The van der Waals surface area contributed by atoms with E-state index in [1.807, 2.05) is 55.5 Å². The Labute approximate surface area is 157 Å². The summed E-state index contributed by atoms with van der Waals surface area (Å²) in [6.45, 7) is 2.85. The van der Waals surface area contributed by atoms with Gasteiger partial charge in [0.1, 0.15) is 0 Å². The summed E-state index contributed by atoms with van der Waals surface area (Å²) in [5.41, 5.74) is 3.24. The SMILES string of the molecule is C[C@]12C(=O)N(CCc3ccccc3)C(=O)N1CCc1c2[nH]c2ccccc12. The Morgan fingerprint density at radius 1 is 1.04 bits per heavy atom. The van der Waals surface area contributed by atoms with Gasteiger partial charge in [-0.15, -0.1) is 0 Å². The van der Waals surface area contributed by atoms with E-state index in [4.69, 9.17) is 0 Å². The molecule has 5 rings (SSSR count). The van der Waals surface area contributed by atoms with Gasteiger partial charge in [0.05, 0.1) is 5.69 Å². The molecule has 1 saturated heterocycles. The average Bonchev–Trinajstić information content (AvgIpc) is 3.16. The van der Waals surface area contributed by atoms with E-state index in [1.54, 1.807) is 4.90 Å². The maximum atomic E-state index is 13.4. The summed E-state index contributed by atoms with van der Waals surface area (Å²) in [5.74, 6) is -0.129. The summed E-state index contributed by atoms with van der Waals surface area (Å²) >= 11 is 0. The maximum absolute atomic E-state index is 13.4. The Morgan fingerprint density at radius 3 is 2.59 bits per heavy atom. The molecule has 5 heteroatoms. The van der Waals surface area contributed by atoms with E-state index in [2.05, 4.69) is 11.1 Å². The highest BCUT2D eigenvalue weighted by molar-refractivity contribution is 6.08. The number of para-hydroxylation sites is 1. The minimum Gasteiger partial charge on any atom is -0.356 e. The van der Waals surface area contributed by atoms with Crippen LogP contribution in [0.1, 0.15) is 23.7 Å². The highest BCUT2D eigenvalue weighted by Crippen LogP contribution is 2.43. The molecule has 0 unspecified atom stereocenters. The van der Waals surface area contributed by atoms with Crippen molar-refractivity contribution in [2.24, 2.45) is 0 Å². The molecule has 0 spiro atoms. The molecule has 1 fully saturated rings. The Morgan fingerprint density at radius 2 is 1.78 bits per heavy atom. The lowest BCUT2D eigenvalue weighted by Crippen LogP contribution is -2.49. The van der Waals surface area contributed by atoms with Crippen LogP contribution in [0.25, 0.3) is 10.9 Å². The van der Waals surface area contributed by atoms with Gasteiger partial charge in [0.25, 0.3) is 5.91 Å². The molecule has 3 heterocycles. The highest BCUT2D eigenvalue weighted by atomic mass is 16.2. The van der Waals surface area contributed by atoms with Crippen LogP contribution in [0.3, 0.4) is 0 Å². The van der Waals surface area contributed by atoms with Crippen molar-refractivity contribution in [1.82, 2.24) is 14.8 Å². The third-order valence-electron chi connectivity index (χ3n) is 6.02. The Hall–Kier alpha value is -3.08. The number of rotatable bonds is 3. The van der Waals surface area contributed by atoms with E-state index in [9.17, 15) is 9.59 Å². The second kappa shape index (κ2) is 5.71. The Balaban J connectivity index is 1.52. The van der Waals surface area contributed by atoms with E-state index in [1.165, 1.54) is 4.90 Å². The van der Waals surface area contributed by atoms with E-state index in [0.29, 0.717) is 19.5 Å². The maximum Gasteiger partial charge on any atom is 0.328 e. The van der Waals surface area contributed by atoms with Crippen molar-refractivity contribution in [1.29, 1.82) is 0 Å².